The van der Waals surface area contributed by atoms with Crippen LogP contribution in [0.4, 0.5) is 18.9 Å². The lowest BCUT2D eigenvalue weighted by Crippen LogP contribution is -2.60. The van der Waals surface area contributed by atoms with Crippen LogP contribution in [-0.2, 0) is 17.5 Å². The molecule has 6 nitrogen and oxygen atoms in total. The molecular weight excluding hydrogens is 433 g/mol. The van der Waals surface area contributed by atoms with Crippen LogP contribution in [0.3, 0.4) is 0 Å². The van der Waals surface area contributed by atoms with E-state index in [-0.39, 0.29) is 23.3 Å². The lowest BCUT2D eigenvalue weighted by Gasteiger charge is -2.48. The molecule has 0 spiro atoms. The third kappa shape index (κ3) is 5.08. The number of hydrogen-bond donors (Lipinski definition) is 0. The molecule has 1 fully saturated rings. The summed E-state index contributed by atoms with van der Waals surface area (Å²) in [7, 11) is 0. The molecular formula is C24H25F3N4O2. The number of rotatable bonds is 5. The number of halogens is 3. The van der Waals surface area contributed by atoms with Crippen LogP contribution < -0.4 is 4.90 Å². The van der Waals surface area contributed by atoms with E-state index in [2.05, 4.69) is 35.9 Å². The van der Waals surface area contributed by atoms with Crippen LogP contribution in [0.1, 0.15) is 32.2 Å². The monoisotopic (exact) mass is 458 g/mol. The fraction of sp³-hybridized carbons (Fsp3) is 0.375. The van der Waals surface area contributed by atoms with Crippen molar-refractivity contribution in [2.45, 2.75) is 39.0 Å². The van der Waals surface area contributed by atoms with Gasteiger partial charge in [0.15, 0.2) is 0 Å². The van der Waals surface area contributed by atoms with Gasteiger partial charge in [0.05, 0.1) is 12.5 Å². The first-order chi connectivity index (χ1) is 15.5. The van der Waals surface area contributed by atoms with Crippen molar-refractivity contribution in [3.63, 3.8) is 0 Å². The second-order valence-electron chi connectivity index (χ2n) is 9.14. The van der Waals surface area contributed by atoms with Crippen molar-refractivity contribution in [3.8, 4) is 11.5 Å². The van der Waals surface area contributed by atoms with Gasteiger partial charge in [0.2, 0.25) is 11.8 Å². The van der Waals surface area contributed by atoms with Gasteiger partial charge < -0.3 is 9.32 Å². The Morgan fingerprint density at radius 3 is 2.21 bits per heavy atom. The number of hydrogen-bond acceptors (Lipinski definition) is 5. The van der Waals surface area contributed by atoms with Gasteiger partial charge in [-0.3, -0.25) is 9.69 Å². The molecule has 1 saturated heterocycles. The van der Waals surface area contributed by atoms with Gasteiger partial charge in [-0.2, -0.15) is 13.2 Å². The van der Waals surface area contributed by atoms with E-state index in [9.17, 15) is 18.0 Å². The van der Waals surface area contributed by atoms with E-state index < -0.39 is 12.1 Å². The smallest absolute Gasteiger partial charge is 0.413 e. The predicted octanol–water partition coefficient (Wildman–Crippen LogP) is 5.02. The fourth-order valence-corrected chi connectivity index (χ4v) is 3.70. The van der Waals surface area contributed by atoms with Gasteiger partial charge in [-0.15, -0.1) is 10.2 Å². The van der Waals surface area contributed by atoms with Crippen LogP contribution in [0.2, 0.25) is 0 Å². The van der Waals surface area contributed by atoms with Crippen LogP contribution in [0.25, 0.3) is 11.5 Å². The first-order valence-electron chi connectivity index (χ1n) is 10.6. The minimum Gasteiger partial charge on any atom is -0.413 e. The minimum absolute atomic E-state index is 0.0188. The second-order valence-corrected chi connectivity index (χ2v) is 9.14. The van der Waals surface area contributed by atoms with Crippen LogP contribution in [0.5, 0.6) is 0 Å². The van der Waals surface area contributed by atoms with E-state index in [0.717, 1.165) is 11.3 Å². The average molecular weight is 458 g/mol. The van der Waals surface area contributed by atoms with Gasteiger partial charge in [0.25, 0.3) is 0 Å². The summed E-state index contributed by atoms with van der Waals surface area (Å²) in [6.45, 7) is 8.15. The van der Waals surface area contributed by atoms with Crippen LogP contribution >= 0.6 is 0 Å². The van der Waals surface area contributed by atoms with E-state index >= 15 is 0 Å². The van der Waals surface area contributed by atoms with Crippen molar-refractivity contribution in [1.82, 2.24) is 15.1 Å². The lowest BCUT2D eigenvalue weighted by atomic mass is 9.91. The summed E-state index contributed by atoms with van der Waals surface area (Å²) in [6, 6.07) is 16.2. The third-order valence-electron chi connectivity index (χ3n) is 5.72. The number of carbonyl (C=O) groups is 1. The highest BCUT2D eigenvalue weighted by Crippen LogP contribution is 2.31. The molecule has 1 amide bonds. The third-order valence-corrected chi connectivity index (χ3v) is 5.72. The van der Waals surface area contributed by atoms with Gasteiger partial charge in [0, 0.05) is 29.9 Å². The number of alkyl halides is 3. The number of carbonyl (C=O) groups excluding carboxylic acids is 1. The molecule has 0 unspecified atom stereocenters. The first kappa shape index (κ1) is 23.0. The number of para-hydroxylation sites is 1. The molecule has 0 bridgehead atoms. The molecule has 33 heavy (non-hydrogen) atoms. The standard InChI is InChI=1S/C24H25F3N4O2/c1-23(2,3)30-14-18(15-30)21(32)31(19-7-5-4-6-8-19)13-16-9-11-17(12-10-16)20-28-29-22(33-20)24(25,26)27/h4-12,18H,13-15H2,1-3H3. The van der Waals surface area contributed by atoms with E-state index in [1.165, 1.54) is 0 Å². The molecule has 2 aromatic carbocycles. The maximum atomic E-state index is 13.3. The average Bonchev–Trinajstić information content (AvgIpc) is 3.22. The zero-order chi connectivity index (χ0) is 23.8. The number of likely N-dealkylation sites (tertiary alicyclic amines) is 1. The summed E-state index contributed by atoms with van der Waals surface area (Å²) in [4.78, 5) is 17.4. The predicted molar refractivity (Wildman–Crippen MR) is 117 cm³/mol. The van der Waals surface area contributed by atoms with Crippen molar-refractivity contribution >= 4 is 11.6 Å². The molecule has 0 atom stereocenters. The molecule has 4 rings (SSSR count). The molecule has 1 aliphatic rings. The van der Waals surface area contributed by atoms with Crippen molar-refractivity contribution in [2.75, 3.05) is 18.0 Å². The van der Waals surface area contributed by atoms with Crippen LogP contribution in [-0.4, -0.2) is 39.6 Å². The molecule has 9 heteroatoms. The number of benzene rings is 2. The second kappa shape index (κ2) is 8.62. The molecule has 0 N–H and O–H groups in total. The summed E-state index contributed by atoms with van der Waals surface area (Å²) >= 11 is 0. The Labute approximate surface area is 190 Å². The zero-order valence-corrected chi connectivity index (χ0v) is 18.6. The first-order valence-corrected chi connectivity index (χ1v) is 10.6. The zero-order valence-electron chi connectivity index (χ0n) is 18.6. The Morgan fingerprint density at radius 2 is 1.67 bits per heavy atom. The molecule has 174 valence electrons. The van der Waals surface area contributed by atoms with Gasteiger partial charge in [-0.1, -0.05) is 30.3 Å². The molecule has 2 heterocycles. The van der Waals surface area contributed by atoms with E-state index in [1.807, 2.05) is 30.3 Å². The number of amides is 1. The highest BCUT2D eigenvalue weighted by Gasteiger charge is 2.40. The quantitative estimate of drug-likeness (QED) is 0.537. The largest absolute Gasteiger partial charge is 0.470 e. The maximum Gasteiger partial charge on any atom is 0.470 e. The molecule has 3 aromatic rings. The fourth-order valence-electron chi connectivity index (χ4n) is 3.70. The maximum absolute atomic E-state index is 13.3. The lowest BCUT2D eigenvalue weighted by molar-refractivity contribution is -0.157. The molecule has 0 saturated carbocycles. The van der Waals surface area contributed by atoms with Gasteiger partial charge in [-0.25, -0.2) is 0 Å². The Kier molecular flexibility index (Phi) is 6.00. The molecule has 0 aliphatic carbocycles. The normalized spacial score (nSPS) is 15.3. The summed E-state index contributed by atoms with van der Waals surface area (Å²) in [5, 5.41) is 6.54. The van der Waals surface area contributed by atoms with E-state index in [1.54, 1.807) is 29.2 Å². The Morgan fingerprint density at radius 1 is 1.03 bits per heavy atom. The summed E-state index contributed by atoms with van der Waals surface area (Å²) in [6.07, 6.45) is -4.69. The molecule has 0 radical (unpaired) electrons. The Hall–Kier alpha value is -3.20. The number of aromatic nitrogens is 2. The van der Waals surface area contributed by atoms with Crippen molar-refractivity contribution in [2.24, 2.45) is 5.92 Å². The van der Waals surface area contributed by atoms with Crippen LogP contribution in [0.15, 0.2) is 59.0 Å². The van der Waals surface area contributed by atoms with Crippen molar-refractivity contribution < 1.29 is 22.4 Å². The van der Waals surface area contributed by atoms with Gasteiger partial charge in [-0.05, 0) is 50.6 Å². The highest BCUT2D eigenvalue weighted by molar-refractivity contribution is 5.95. The molecule has 1 aromatic heterocycles. The van der Waals surface area contributed by atoms with Crippen molar-refractivity contribution in [1.29, 1.82) is 0 Å². The summed E-state index contributed by atoms with van der Waals surface area (Å²) < 4.78 is 42.9. The number of anilines is 1. The highest BCUT2D eigenvalue weighted by atomic mass is 19.4. The van der Waals surface area contributed by atoms with Gasteiger partial charge >= 0.3 is 12.1 Å². The Bertz CT molecular complexity index is 1100. The van der Waals surface area contributed by atoms with Crippen molar-refractivity contribution in [3.05, 3.63) is 66.1 Å². The van der Waals surface area contributed by atoms with E-state index in [4.69, 9.17) is 4.42 Å². The number of nitrogens with zero attached hydrogens (tertiary/aromatic N) is 4. The summed E-state index contributed by atoms with van der Waals surface area (Å²) in [5.74, 6) is -1.62. The van der Waals surface area contributed by atoms with E-state index in [0.29, 0.717) is 25.2 Å². The minimum atomic E-state index is -4.69. The molecule has 1 aliphatic heterocycles. The Balaban J connectivity index is 1.51. The summed E-state index contributed by atoms with van der Waals surface area (Å²) in [5.41, 5.74) is 2.02. The SMILES string of the molecule is CC(C)(C)N1CC(C(=O)N(Cc2ccc(-c3nnc(C(F)(F)F)o3)cc2)c2ccccc2)C1. The van der Waals surface area contributed by atoms with Gasteiger partial charge in [0.1, 0.15) is 0 Å². The topological polar surface area (TPSA) is 62.5 Å². The van der Waals surface area contributed by atoms with Crippen LogP contribution in [0, 0.1) is 5.92 Å².